The summed E-state index contributed by atoms with van der Waals surface area (Å²) in [6, 6.07) is 3.99. The number of aryl methyl sites for hydroxylation is 1. The third kappa shape index (κ3) is 1.99. The van der Waals surface area contributed by atoms with Gasteiger partial charge in [-0.2, -0.15) is 11.8 Å². The molecule has 3 rings (SSSR count). The molecular formula is C12H14N2O2S2. The van der Waals surface area contributed by atoms with Gasteiger partial charge in [-0.15, -0.1) is 0 Å². The van der Waals surface area contributed by atoms with Crippen LogP contribution in [0.4, 0.5) is 0 Å². The second-order valence-corrected chi connectivity index (χ2v) is 6.03. The lowest BCUT2D eigenvalue weighted by molar-refractivity contribution is 0.172. The maximum atomic E-state index is 8.04. The molecule has 2 heterocycles. The Kier molecular flexibility index (Phi) is 3.22. The molecule has 18 heavy (non-hydrogen) atoms. The van der Waals surface area contributed by atoms with Crippen LogP contribution in [0.25, 0.3) is 10.2 Å². The Morgan fingerprint density at radius 2 is 2.06 bits per heavy atom. The highest BCUT2D eigenvalue weighted by Crippen LogP contribution is 2.35. The van der Waals surface area contributed by atoms with E-state index in [1.165, 1.54) is 11.3 Å². The van der Waals surface area contributed by atoms with E-state index in [1.807, 2.05) is 16.7 Å². The van der Waals surface area contributed by atoms with Gasteiger partial charge in [0.1, 0.15) is 13.2 Å². The van der Waals surface area contributed by atoms with Crippen molar-refractivity contribution in [2.24, 2.45) is 0 Å². The van der Waals surface area contributed by atoms with Crippen LogP contribution < -0.4 is 14.3 Å². The molecule has 0 saturated carbocycles. The van der Waals surface area contributed by atoms with Crippen LogP contribution in [0.3, 0.4) is 0 Å². The van der Waals surface area contributed by atoms with Gasteiger partial charge in [-0.05, 0) is 6.26 Å². The lowest BCUT2D eigenvalue weighted by atomic mass is 10.2. The highest BCUT2D eigenvalue weighted by molar-refractivity contribution is 7.98. The maximum Gasteiger partial charge on any atom is 0.182 e. The Labute approximate surface area is 113 Å². The predicted molar refractivity (Wildman–Crippen MR) is 75.0 cm³/mol. The quantitative estimate of drug-likeness (QED) is 0.940. The van der Waals surface area contributed by atoms with Gasteiger partial charge in [-0.1, -0.05) is 11.3 Å². The molecule has 1 aromatic heterocycles. The second kappa shape index (κ2) is 4.85. The average Bonchev–Trinajstić information content (AvgIpc) is 2.68. The van der Waals surface area contributed by atoms with Crippen LogP contribution >= 0.6 is 23.1 Å². The Morgan fingerprint density at radius 1 is 1.33 bits per heavy atom. The van der Waals surface area contributed by atoms with Crippen LogP contribution in [0.2, 0.25) is 0 Å². The van der Waals surface area contributed by atoms with E-state index < -0.39 is 0 Å². The lowest BCUT2D eigenvalue weighted by Crippen LogP contribution is -2.16. The minimum Gasteiger partial charge on any atom is -0.486 e. The number of hydrogen-bond acceptors (Lipinski definition) is 5. The molecule has 6 heteroatoms. The molecule has 4 nitrogen and oxygen atoms in total. The van der Waals surface area contributed by atoms with E-state index in [0.29, 0.717) is 18.0 Å². The number of benzene rings is 1. The van der Waals surface area contributed by atoms with Crippen LogP contribution in [-0.4, -0.2) is 29.8 Å². The van der Waals surface area contributed by atoms with E-state index in [1.54, 1.807) is 11.8 Å². The summed E-state index contributed by atoms with van der Waals surface area (Å²) >= 11 is 3.28. The van der Waals surface area contributed by atoms with Crippen molar-refractivity contribution in [1.82, 2.24) is 4.57 Å². The smallest absolute Gasteiger partial charge is 0.182 e. The molecule has 0 aliphatic carbocycles. The zero-order valence-corrected chi connectivity index (χ0v) is 11.7. The molecule has 1 aliphatic heterocycles. The molecule has 1 aromatic carbocycles. The van der Waals surface area contributed by atoms with Gasteiger partial charge in [-0.3, -0.25) is 5.41 Å². The molecule has 1 aliphatic rings. The SMILES string of the molecule is CSCCn1c(=N)sc2cc3c(cc21)OCCO3. The summed E-state index contributed by atoms with van der Waals surface area (Å²) in [5, 5.41) is 8.04. The van der Waals surface area contributed by atoms with E-state index in [2.05, 4.69) is 6.26 Å². The van der Waals surface area contributed by atoms with Crippen LogP contribution in [0.1, 0.15) is 0 Å². The van der Waals surface area contributed by atoms with E-state index in [4.69, 9.17) is 14.9 Å². The summed E-state index contributed by atoms with van der Waals surface area (Å²) in [5.41, 5.74) is 1.07. The number of aromatic nitrogens is 1. The monoisotopic (exact) mass is 282 g/mol. The number of thioether (sulfide) groups is 1. The van der Waals surface area contributed by atoms with Gasteiger partial charge in [0.05, 0.1) is 10.2 Å². The zero-order valence-electron chi connectivity index (χ0n) is 10.1. The summed E-state index contributed by atoms with van der Waals surface area (Å²) in [7, 11) is 0. The van der Waals surface area contributed by atoms with Crippen molar-refractivity contribution in [3.8, 4) is 11.5 Å². The Hall–Kier alpha value is -1.14. The highest BCUT2D eigenvalue weighted by atomic mass is 32.2. The summed E-state index contributed by atoms with van der Waals surface area (Å²) in [6.07, 6.45) is 2.08. The maximum absolute atomic E-state index is 8.04. The molecular weight excluding hydrogens is 268 g/mol. The lowest BCUT2D eigenvalue weighted by Gasteiger charge is -2.18. The molecule has 0 saturated heterocycles. The summed E-state index contributed by atoms with van der Waals surface area (Å²) in [6.45, 7) is 2.06. The van der Waals surface area contributed by atoms with Crippen molar-refractivity contribution in [1.29, 1.82) is 5.41 Å². The molecule has 1 N–H and O–H groups in total. The van der Waals surface area contributed by atoms with E-state index in [9.17, 15) is 0 Å². The molecule has 0 radical (unpaired) electrons. The van der Waals surface area contributed by atoms with Crippen LogP contribution in [0.15, 0.2) is 12.1 Å². The second-order valence-electron chi connectivity index (χ2n) is 4.02. The van der Waals surface area contributed by atoms with Crippen molar-refractivity contribution in [3.05, 3.63) is 16.9 Å². The Bertz CT molecular complexity index is 633. The first kappa shape index (κ1) is 11.9. The van der Waals surface area contributed by atoms with Crippen LogP contribution in [-0.2, 0) is 6.54 Å². The van der Waals surface area contributed by atoms with Crippen molar-refractivity contribution in [3.63, 3.8) is 0 Å². The van der Waals surface area contributed by atoms with Gasteiger partial charge >= 0.3 is 0 Å². The fraction of sp³-hybridized carbons (Fsp3) is 0.417. The van der Waals surface area contributed by atoms with E-state index >= 15 is 0 Å². The molecule has 2 aromatic rings. The largest absolute Gasteiger partial charge is 0.486 e. The fourth-order valence-corrected chi connectivity index (χ4v) is 3.34. The van der Waals surface area contributed by atoms with Crippen LogP contribution in [0, 0.1) is 5.41 Å². The third-order valence-electron chi connectivity index (χ3n) is 2.89. The summed E-state index contributed by atoms with van der Waals surface area (Å²) in [5.74, 6) is 2.60. The topological polar surface area (TPSA) is 47.2 Å². The van der Waals surface area contributed by atoms with Gasteiger partial charge in [0.2, 0.25) is 0 Å². The van der Waals surface area contributed by atoms with Gasteiger partial charge < -0.3 is 14.0 Å². The molecule has 0 fully saturated rings. The van der Waals surface area contributed by atoms with Gasteiger partial charge in [0, 0.05) is 24.4 Å². The number of thiazole rings is 1. The summed E-state index contributed by atoms with van der Waals surface area (Å²) < 4.78 is 14.3. The van der Waals surface area contributed by atoms with Gasteiger partial charge in [0.15, 0.2) is 16.3 Å². The molecule has 0 unspecified atom stereocenters. The first-order valence-corrected chi connectivity index (χ1v) is 7.97. The van der Waals surface area contributed by atoms with Crippen molar-refractivity contribution >= 4 is 33.3 Å². The third-order valence-corrected chi connectivity index (χ3v) is 4.44. The number of fused-ring (bicyclic) bond motifs is 2. The first-order chi connectivity index (χ1) is 8.79. The molecule has 0 spiro atoms. The first-order valence-electron chi connectivity index (χ1n) is 5.76. The molecule has 96 valence electrons. The van der Waals surface area contributed by atoms with Gasteiger partial charge in [-0.25, -0.2) is 0 Å². The zero-order chi connectivity index (χ0) is 12.5. The van der Waals surface area contributed by atoms with Crippen molar-refractivity contribution in [2.45, 2.75) is 6.54 Å². The number of nitrogens with zero attached hydrogens (tertiary/aromatic N) is 1. The average molecular weight is 282 g/mol. The standard InChI is InChI=1S/C12H14N2O2S2/c1-17-5-2-14-8-6-9-10(16-4-3-15-9)7-11(8)18-12(14)13/h6-7,13H,2-5H2,1H3. The number of ether oxygens (including phenoxy) is 2. The van der Waals surface area contributed by atoms with Gasteiger partial charge in [0.25, 0.3) is 0 Å². The van der Waals surface area contributed by atoms with Crippen molar-refractivity contribution < 1.29 is 9.47 Å². The molecule has 0 bridgehead atoms. The minimum absolute atomic E-state index is 0.585. The number of rotatable bonds is 3. The number of nitrogens with one attached hydrogen (secondary N) is 1. The van der Waals surface area contributed by atoms with Crippen LogP contribution in [0.5, 0.6) is 11.5 Å². The summed E-state index contributed by atoms with van der Waals surface area (Å²) in [4.78, 5) is 0.585. The Morgan fingerprint density at radius 3 is 2.78 bits per heavy atom. The normalized spacial score (nSPS) is 14.1. The van der Waals surface area contributed by atoms with E-state index in [0.717, 1.165) is 34.0 Å². The fourth-order valence-electron chi connectivity index (χ4n) is 2.03. The highest BCUT2D eigenvalue weighted by Gasteiger charge is 2.15. The molecule has 0 amide bonds. The Balaban J connectivity index is 2.13. The molecule has 0 atom stereocenters. The predicted octanol–water partition coefficient (Wildman–Crippen LogP) is 2.32. The minimum atomic E-state index is 0.585. The van der Waals surface area contributed by atoms with E-state index in [-0.39, 0.29) is 0 Å². The number of hydrogen-bond donors (Lipinski definition) is 1. The van der Waals surface area contributed by atoms with Crippen molar-refractivity contribution in [2.75, 3.05) is 25.2 Å².